The van der Waals surface area contributed by atoms with Gasteiger partial charge in [0, 0.05) is 11.9 Å². The van der Waals surface area contributed by atoms with E-state index in [2.05, 4.69) is 5.32 Å². The Bertz CT molecular complexity index is 1070. The van der Waals surface area contributed by atoms with Crippen LogP contribution >= 0.6 is 11.3 Å². The molecule has 0 radical (unpaired) electrons. The van der Waals surface area contributed by atoms with E-state index in [9.17, 15) is 39.6 Å². The van der Waals surface area contributed by atoms with Crippen LogP contribution < -0.4 is 5.32 Å². The van der Waals surface area contributed by atoms with Crippen LogP contribution in [0.4, 0.5) is 32.0 Å². The second-order valence-electron chi connectivity index (χ2n) is 6.90. The van der Waals surface area contributed by atoms with Gasteiger partial charge in [-0.15, -0.1) is 11.3 Å². The average molecular weight is 471 g/mol. The first kappa shape index (κ1) is 22.6. The Kier molecular flexibility index (Phi) is 5.69. The summed E-state index contributed by atoms with van der Waals surface area (Å²) in [6, 6.07) is 0.778. The Balaban J connectivity index is 2.04. The zero-order chi connectivity index (χ0) is 22.5. The second-order valence-corrected chi connectivity index (χ2v) is 10.1. The first-order chi connectivity index (χ1) is 13.7. The number of fused-ring (bicyclic) bond motifs is 1. The molecule has 4 nitrogen and oxygen atoms in total. The van der Waals surface area contributed by atoms with Gasteiger partial charge in [0.2, 0.25) is 0 Å². The van der Waals surface area contributed by atoms with E-state index >= 15 is 0 Å². The molecule has 164 valence electrons. The van der Waals surface area contributed by atoms with Crippen LogP contribution in [0.25, 0.3) is 0 Å². The Morgan fingerprint density at radius 2 is 1.43 bits per heavy atom. The molecule has 1 N–H and O–H groups in total. The lowest BCUT2D eigenvalue weighted by Gasteiger charge is -2.16. The van der Waals surface area contributed by atoms with Crippen LogP contribution in [-0.4, -0.2) is 20.6 Å². The number of hydrogen-bond acceptors (Lipinski definition) is 4. The van der Waals surface area contributed by atoms with Crippen molar-refractivity contribution >= 4 is 32.8 Å². The average Bonchev–Trinajstić information content (AvgIpc) is 3.00. The number of anilines is 1. The largest absolute Gasteiger partial charge is 0.416 e. The number of halogens is 6. The third-order valence-corrected chi connectivity index (χ3v) is 7.72. The lowest BCUT2D eigenvalue weighted by Crippen LogP contribution is -2.16. The summed E-state index contributed by atoms with van der Waals surface area (Å²) in [5.74, 6) is -0.944. The van der Waals surface area contributed by atoms with Gasteiger partial charge in [-0.3, -0.25) is 4.79 Å². The van der Waals surface area contributed by atoms with Crippen molar-refractivity contribution in [3.8, 4) is 0 Å². The molecular weight excluding hydrogens is 456 g/mol. The number of sulfone groups is 1. The smallest absolute Gasteiger partial charge is 0.321 e. The maximum atomic E-state index is 13.0. The van der Waals surface area contributed by atoms with Gasteiger partial charge in [0.1, 0.15) is 4.21 Å². The molecule has 0 bridgehead atoms. The molecule has 2 aromatic rings. The first-order valence-corrected chi connectivity index (χ1v) is 11.3. The van der Waals surface area contributed by atoms with Gasteiger partial charge < -0.3 is 5.32 Å². The van der Waals surface area contributed by atoms with Crippen LogP contribution in [0.3, 0.4) is 0 Å². The number of alkyl halides is 6. The fourth-order valence-electron chi connectivity index (χ4n) is 3.29. The van der Waals surface area contributed by atoms with E-state index in [0.717, 1.165) is 12.7 Å². The predicted molar refractivity (Wildman–Crippen MR) is 98.5 cm³/mol. The summed E-state index contributed by atoms with van der Waals surface area (Å²) in [4.78, 5) is 12.7. The summed E-state index contributed by atoms with van der Waals surface area (Å²) >= 11 is 0.685. The molecule has 0 saturated heterocycles. The van der Waals surface area contributed by atoms with E-state index in [1.54, 1.807) is 0 Å². The zero-order valence-corrected chi connectivity index (χ0v) is 17.0. The molecule has 1 aromatic heterocycles. The highest BCUT2D eigenvalue weighted by Crippen LogP contribution is 2.40. The Hall–Kier alpha value is -2.08. The summed E-state index contributed by atoms with van der Waals surface area (Å²) in [7, 11) is -3.64. The van der Waals surface area contributed by atoms with E-state index in [1.165, 1.54) is 0 Å². The quantitative estimate of drug-likeness (QED) is 0.617. The number of amides is 1. The highest BCUT2D eigenvalue weighted by atomic mass is 32.2. The van der Waals surface area contributed by atoms with Gasteiger partial charge in [-0.1, -0.05) is 0 Å². The van der Waals surface area contributed by atoms with Gasteiger partial charge in [-0.2, -0.15) is 26.3 Å². The van der Waals surface area contributed by atoms with Crippen LogP contribution in [0.5, 0.6) is 0 Å². The molecule has 3 rings (SSSR count). The fraction of sp³-hybridized carbons (Fsp3) is 0.389. The summed E-state index contributed by atoms with van der Waals surface area (Å²) < 4.78 is 102. The molecule has 30 heavy (non-hydrogen) atoms. The number of carbonyl (C=O) groups is 1. The summed E-state index contributed by atoms with van der Waals surface area (Å²) in [6.07, 6.45) is -6.87. The van der Waals surface area contributed by atoms with Crippen LogP contribution in [0, 0.1) is 0 Å². The molecule has 1 aromatic carbocycles. The second kappa shape index (κ2) is 7.56. The number of hydrogen-bond donors (Lipinski definition) is 1. The van der Waals surface area contributed by atoms with Gasteiger partial charge in [-0.05, 0) is 55.0 Å². The van der Waals surface area contributed by atoms with E-state index in [4.69, 9.17) is 0 Å². The number of carbonyl (C=O) groups excluding carboxylic acids is 1. The third-order valence-electron chi connectivity index (χ3n) is 4.57. The maximum absolute atomic E-state index is 13.0. The summed E-state index contributed by atoms with van der Waals surface area (Å²) in [5, 5.41) is 2.07. The highest BCUT2D eigenvalue weighted by molar-refractivity contribution is 7.92. The fourth-order valence-corrected chi connectivity index (χ4v) is 5.85. The van der Waals surface area contributed by atoms with Crippen molar-refractivity contribution in [2.45, 2.75) is 42.2 Å². The topological polar surface area (TPSA) is 63.2 Å². The van der Waals surface area contributed by atoms with Crippen molar-refractivity contribution in [3.63, 3.8) is 0 Å². The molecule has 0 aliphatic heterocycles. The number of thiophene rings is 1. The van der Waals surface area contributed by atoms with E-state index in [1.807, 2.05) is 0 Å². The summed E-state index contributed by atoms with van der Waals surface area (Å²) in [5.41, 5.74) is -2.82. The van der Waals surface area contributed by atoms with Crippen molar-refractivity contribution < 1.29 is 39.6 Å². The van der Waals surface area contributed by atoms with E-state index < -0.39 is 44.9 Å². The van der Waals surface area contributed by atoms with Crippen LogP contribution in [0.1, 0.15) is 44.8 Å². The maximum Gasteiger partial charge on any atom is 0.416 e. The molecule has 0 atom stereocenters. The Labute approximate surface area is 171 Å². The van der Waals surface area contributed by atoms with Crippen LogP contribution in [0.15, 0.2) is 22.4 Å². The number of rotatable bonds is 3. The minimum absolute atomic E-state index is 0.00220. The van der Waals surface area contributed by atoms with Crippen molar-refractivity contribution in [3.05, 3.63) is 45.3 Å². The minimum Gasteiger partial charge on any atom is -0.321 e. The van der Waals surface area contributed by atoms with Gasteiger partial charge in [0.05, 0.1) is 16.0 Å². The molecule has 1 aliphatic rings. The molecule has 0 unspecified atom stereocenters. The molecule has 1 amide bonds. The summed E-state index contributed by atoms with van der Waals surface area (Å²) in [6.45, 7) is 0. The zero-order valence-electron chi connectivity index (χ0n) is 15.4. The predicted octanol–water partition coefficient (Wildman–Crippen LogP) is 5.32. The van der Waals surface area contributed by atoms with Gasteiger partial charge in [-0.25, -0.2) is 8.42 Å². The van der Waals surface area contributed by atoms with Crippen LogP contribution in [0.2, 0.25) is 0 Å². The van der Waals surface area contributed by atoms with Gasteiger partial charge >= 0.3 is 12.4 Å². The van der Waals surface area contributed by atoms with Crippen molar-refractivity contribution in [1.82, 2.24) is 0 Å². The monoisotopic (exact) mass is 471 g/mol. The first-order valence-electron chi connectivity index (χ1n) is 8.63. The molecular formula is C18H15F6NO3S2. The molecule has 1 heterocycles. The normalized spacial score (nSPS) is 15.0. The molecule has 12 heteroatoms. The molecule has 0 spiro atoms. The minimum atomic E-state index is -5.05. The number of benzene rings is 1. The van der Waals surface area contributed by atoms with Gasteiger partial charge in [0.15, 0.2) is 9.84 Å². The Morgan fingerprint density at radius 1 is 0.933 bits per heavy atom. The van der Waals surface area contributed by atoms with Crippen molar-refractivity contribution in [2.24, 2.45) is 0 Å². The van der Waals surface area contributed by atoms with Gasteiger partial charge in [0.25, 0.3) is 5.91 Å². The highest BCUT2D eigenvalue weighted by Gasteiger charge is 2.37. The van der Waals surface area contributed by atoms with E-state index in [-0.39, 0.29) is 15.2 Å². The molecule has 1 aliphatic carbocycles. The lowest BCUT2D eigenvalue weighted by molar-refractivity contribution is -0.143. The molecule has 0 fully saturated rings. The SMILES string of the molecule is CS(=O)(=O)c1sc(C(=O)Nc2cc(C(F)(F)F)cc(C(F)(F)F)c2)c2c1CCCC2. The standard InChI is InChI=1S/C18H15F6NO3S2/c1-30(27,28)16-13-5-3-2-4-12(13)14(29-16)15(26)25-11-7-9(17(19,20)21)6-10(8-11)18(22,23)24/h6-8H,2-5H2,1H3,(H,25,26). The molecule has 0 saturated carbocycles. The lowest BCUT2D eigenvalue weighted by atomic mass is 9.93. The van der Waals surface area contributed by atoms with E-state index in [0.29, 0.717) is 53.9 Å². The van der Waals surface area contributed by atoms with Crippen molar-refractivity contribution in [1.29, 1.82) is 0 Å². The number of nitrogens with one attached hydrogen (secondary N) is 1. The van der Waals surface area contributed by atoms with Crippen molar-refractivity contribution in [2.75, 3.05) is 11.6 Å². The van der Waals surface area contributed by atoms with Crippen LogP contribution in [-0.2, 0) is 35.0 Å². The Morgan fingerprint density at radius 3 is 1.90 bits per heavy atom. The third kappa shape index (κ3) is 4.64.